The van der Waals surface area contributed by atoms with Crippen molar-refractivity contribution in [3.05, 3.63) is 30.1 Å². The molecule has 0 aliphatic heterocycles. The topological polar surface area (TPSA) is 112 Å². The van der Waals surface area contributed by atoms with Crippen molar-refractivity contribution in [1.29, 1.82) is 0 Å². The number of carbonyl (C=O) groups excluding carboxylic acids is 2. The Morgan fingerprint density at radius 1 is 1.20 bits per heavy atom. The first-order valence-electron chi connectivity index (χ1n) is 5.85. The van der Waals surface area contributed by atoms with Crippen molar-refractivity contribution in [2.75, 3.05) is 20.1 Å². The predicted molar refractivity (Wildman–Crippen MR) is 69.7 cm³/mol. The number of hydrogen-bond acceptors (Lipinski definition) is 4. The molecule has 0 radical (unpaired) electrons. The van der Waals surface area contributed by atoms with Crippen LogP contribution in [0.2, 0.25) is 0 Å². The van der Waals surface area contributed by atoms with E-state index >= 15 is 0 Å². The minimum absolute atomic E-state index is 0.271. The van der Waals surface area contributed by atoms with Crippen LogP contribution in [0.4, 0.5) is 4.79 Å². The van der Waals surface area contributed by atoms with Crippen molar-refractivity contribution in [3.8, 4) is 0 Å². The van der Waals surface area contributed by atoms with Crippen LogP contribution in [-0.4, -0.2) is 53.0 Å². The van der Waals surface area contributed by atoms with Crippen LogP contribution in [0.1, 0.15) is 5.56 Å². The maximum atomic E-state index is 11.7. The highest BCUT2D eigenvalue weighted by atomic mass is 16.4. The molecule has 0 spiro atoms. The second kappa shape index (κ2) is 7.72. The van der Waals surface area contributed by atoms with Crippen molar-refractivity contribution in [1.82, 2.24) is 20.5 Å². The van der Waals surface area contributed by atoms with Crippen LogP contribution in [0, 0.1) is 0 Å². The Hall–Kier alpha value is -2.64. The summed E-state index contributed by atoms with van der Waals surface area (Å²) in [4.78, 5) is 38.4. The molecule has 3 amide bonds. The number of pyridine rings is 1. The SMILES string of the molecule is CN(Cc1ccncc1)C(=O)NCC(=O)NCC(=O)O. The molecule has 0 fully saturated rings. The van der Waals surface area contributed by atoms with E-state index in [9.17, 15) is 14.4 Å². The van der Waals surface area contributed by atoms with E-state index in [0.29, 0.717) is 6.54 Å². The Labute approximate surface area is 115 Å². The molecule has 1 rings (SSSR count). The highest BCUT2D eigenvalue weighted by Gasteiger charge is 2.11. The number of hydrogen-bond donors (Lipinski definition) is 3. The summed E-state index contributed by atoms with van der Waals surface area (Å²) >= 11 is 0. The fourth-order valence-electron chi connectivity index (χ4n) is 1.36. The van der Waals surface area contributed by atoms with Crippen molar-refractivity contribution >= 4 is 17.9 Å². The molecule has 8 nitrogen and oxygen atoms in total. The molecule has 0 aliphatic carbocycles. The third kappa shape index (κ3) is 5.80. The number of nitrogens with one attached hydrogen (secondary N) is 2. The number of amides is 3. The normalized spacial score (nSPS) is 9.65. The Morgan fingerprint density at radius 3 is 2.45 bits per heavy atom. The first kappa shape index (κ1) is 15.4. The van der Waals surface area contributed by atoms with E-state index in [1.54, 1.807) is 31.6 Å². The lowest BCUT2D eigenvalue weighted by atomic mass is 10.2. The fraction of sp³-hybridized carbons (Fsp3) is 0.333. The number of rotatable bonds is 6. The van der Waals surface area contributed by atoms with Gasteiger partial charge in [0.25, 0.3) is 0 Å². The zero-order valence-electron chi connectivity index (χ0n) is 11.0. The van der Waals surface area contributed by atoms with E-state index < -0.39 is 24.5 Å². The maximum Gasteiger partial charge on any atom is 0.322 e. The summed E-state index contributed by atoms with van der Waals surface area (Å²) in [5.41, 5.74) is 0.910. The van der Waals surface area contributed by atoms with Crippen LogP contribution in [-0.2, 0) is 16.1 Å². The Bertz CT molecular complexity index is 478. The molecule has 1 aromatic rings. The van der Waals surface area contributed by atoms with Gasteiger partial charge in [0.05, 0.1) is 6.54 Å². The number of carboxylic acid groups (broad SMARTS) is 1. The number of carbonyl (C=O) groups is 3. The molecule has 0 aromatic carbocycles. The van der Waals surface area contributed by atoms with Gasteiger partial charge in [-0.05, 0) is 17.7 Å². The predicted octanol–water partition coefficient (Wildman–Crippen LogP) is -0.576. The number of urea groups is 1. The van der Waals surface area contributed by atoms with Gasteiger partial charge in [0.2, 0.25) is 5.91 Å². The molecule has 20 heavy (non-hydrogen) atoms. The molecular weight excluding hydrogens is 264 g/mol. The minimum Gasteiger partial charge on any atom is -0.480 e. The average Bonchev–Trinajstić information content (AvgIpc) is 2.43. The highest BCUT2D eigenvalue weighted by molar-refractivity contribution is 5.86. The van der Waals surface area contributed by atoms with E-state index in [-0.39, 0.29) is 6.54 Å². The van der Waals surface area contributed by atoms with Crippen molar-refractivity contribution in [2.24, 2.45) is 0 Å². The first-order chi connectivity index (χ1) is 9.49. The molecule has 8 heteroatoms. The van der Waals surface area contributed by atoms with Gasteiger partial charge in [-0.1, -0.05) is 0 Å². The molecule has 1 heterocycles. The highest BCUT2D eigenvalue weighted by Crippen LogP contribution is 2.00. The van der Waals surface area contributed by atoms with Gasteiger partial charge in [-0.15, -0.1) is 0 Å². The Kier molecular flexibility index (Phi) is 5.95. The van der Waals surface area contributed by atoms with E-state index in [2.05, 4.69) is 15.6 Å². The number of aromatic nitrogens is 1. The second-order valence-electron chi connectivity index (χ2n) is 4.04. The van der Waals surface area contributed by atoms with Crippen molar-refractivity contribution < 1.29 is 19.5 Å². The molecule has 0 atom stereocenters. The van der Waals surface area contributed by atoms with Gasteiger partial charge < -0.3 is 20.6 Å². The molecule has 0 aliphatic rings. The third-order valence-corrected chi connectivity index (χ3v) is 2.35. The number of carboxylic acids is 1. The number of aliphatic carboxylic acids is 1. The maximum absolute atomic E-state index is 11.7. The standard InChI is InChI=1S/C12H16N4O4/c1-16(8-9-2-4-13-5-3-9)12(20)15-6-10(17)14-7-11(18)19/h2-5H,6-8H2,1H3,(H,14,17)(H,15,20)(H,18,19). The molecule has 0 unspecified atom stereocenters. The molecule has 1 aromatic heterocycles. The van der Waals surface area contributed by atoms with Gasteiger partial charge in [-0.25, -0.2) is 4.79 Å². The summed E-state index contributed by atoms with van der Waals surface area (Å²) in [6.07, 6.45) is 3.25. The first-order valence-corrected chi connectivity index (χ1v) is 5.85. The third-order valence-electron chi connectivity index (χ3n) is 2.35. The minimum atomic E-state index is -1.14. The van der Waals surface area contributed by atoms with E-state index in [0.717, 1.165) is 5.56 Å². The largest absolute Gasteiger partial charge is 0.480 e. The summed E-state index contributed by atoms with van der Waals surface area (Å²) in [5, 5.41) is 12.9. The van der Waals surface area contributed by atoms with Crippen LogP contribution in [0.5, 0.6) is 0 Å². The van der Waals surface area contributed by atoms with Crippen LogP contribution < -0.4 is 10.6 Å². The van der Waals surface area contributed by atoms with Gasteiger partial charge in [-0.3, -0.25) is 14.6 Å². The average molecular weight is 280 g/mol. The van der Waals surface area contributed by atoms with Gasteiger partial charge >= 0.3 is 12.0 Å². The monoisotopic (exact) mass is 280 g/mol. The molecule has 0 saturated carbocycles. The molecule has 108 valence electrons. The van der Waals surface area contributed by atoms with Crippen LogP contribution in [0.15, 0.2) is 24.5 Å². The molecule has 0 saturated heterocycles. The summed E-state index contributed by atoms with van der Waals surface area (Å²) in [6.45, 7) is -0.362. The van der Waals surface area contributed by atoms with E-state index in [1.807, 2.05) is 0 Å². The number of nitrogens with zero attached hydrogens (tertiary/aromatic N) is 2. The summed E-state index contributed by atoms with van der Waals surface area (Å²) in [6, 6.07) is 3.14. The van der Waals surface area contributed by atoms with Crippen LogP contribution in [0.25, 0.3) is 0 Å². The molecule has 3 N–H and O–H groups in total. The van der Waals surface area contributed by atoms with E-state index in [1.165, 1.54) is 4.90 Å². The van der Waals surface area contributed by atoms with Crippen LogP contribution in [0.3, 0.4) is 0 Å². The zero-order chi connectivity index (χ0) is 15.0. The van der Waals surface area contributed by atoms with Crippen molar-refractivity contribution in [3.63, 3.8) is 0 Å². The van der Waals surface area contributed by atoms with Crippen LogP contribution >= 0.6 is 0 Å². The molecular formula is C12H16N4O4. The summed E-state index contributed by atoms with van der Waals surface area (Å²) < 4.78 is 0. The fourth-order valence-corrected chi connectivity index (χ4v) is 1.36. The van der Waals surface area contributed by atoms with Crippen molar-refractivity contribution in [2.45, 2.75) is 6.54 Å². The lowest BCUT2D eigenvalue weighted by Gasteiger charge is -2.17. The summed E-state index contributed by atoms with van der Waals surface area (Å²) in [5.74, 6) is -1.70. The quantitative estimate of drug-likeness (QED) is 0.645. The van der Waals surface area contributed by atoms with Gasteiger partial charge in [0.15, 0.2) is 0 Å². The second-order valence-corrected chi connectivity index (χ2v) is 4.04. The lowest BCUT2D eigenvalue weighted by molar-refractivity contribution is -0.137. The summed E-state index contributed by atoms with van der Waals surface area (Å²) in [7, 11) is 1.59. The zero-order valence-corrected chi connectivity index (χ0v) is 11.0. The van der Waals surface area contributed by atoms with Gasteiger partial charge in [0, 0.05) is 26.0 Å². The Morgan fingerprint density at radius 2 is 1.85 bits per heavy atom. The van der Waals surface area contributed by atoms with Gasteiger partial charge in [-0.2, -0.15) is 0 Å². The smallest absolute Gasteiger partial charge is 0.322 e. The van der Waals surface area contributed by atoms with Gasteiger partial charge in [0.1, 0.15) is 6.54 Å². The Balaban J connectivity index is 2.31. The molecule has 0 bridgehead atoms. The lowest BCUT2D eigenvalue weighted by Crippen LogP contribution is -2.43. The van der Waals surface area contributed by atoms with E-state index in [4.69, 9.17) is 5.11 Å².